The summed E-state index contributed by atoms with van der Waals surface area (Å²) in [7, 11) is 0. The van der Waals surface area contributed by atoms with Crippen LogP contribution in [0.4, 0.5) is 5.69 Å². The lowest BCUT2D eigenvalue weighted by Gasteiger charge is -2.09. The van der Waals surface area contributed by atoms with E-state index in [4.69, 9.17) is 0 Å². The fraction of sp³-hybridized carbons (Fsp3) is 0.286. The number of nitrogens with zero attached hydrogens (tertiary/aromatic N) is 1. The van der Waals surface area contributed by atoms with Gasteiger partial charge in [0.15, 0.2) is 0 Å². The first-order valence-corrected chi connectivity index (χ1v) is 8.82. The zero-order chi connectivity index (χ0) is 18.8. The summed E-state index contributed by atoms with van der Waals surface area (Å²) < 4.78 is 0. The van der Waals surface area contributed by atoms with E-state index in [1.54, 1.807) is 6.92 Å². The number of hydrogen-bond donors (Lipinski definition) is 2. The van der Waals surface area contributed by atoms with Crippen LogP contribution in [-0.2, 0) is 22.4 Å². The number of nitrogens with one attached hydrogen (secondary N) is 2. The fourth-order valence-corrected chi connectivity index (χ4v) is 2.53. The molecule has 0 aliphatic rings. The predicted octanol–water partition coefficient (Wildman–Crippen LogP) is 3.70. The maximum atomic E-state index is 12.1. The fourth-order valence-electron chi connectivity index (χ4n) is 2.53. The molecule has 0 radical (unpaired) electrons. The average Bonchev–Trinajstić information content (AvgIpc) is 2.66. The van der Waals surface area contributed by atoms with E-state index in [1.807, 2.05) is 61.5 Å². The summed E-state index contributed by atoms with van der Waals surface area (Å²) in [6.45, 7) is 3.77. The van der Waals surface area contributed by atoms with Gasteiger partial charge in [-0.1, -0.05) is 55.5 Å². The molecule has 0 aliphatic carbocycles. The number of carbonyl (C=O) groups is 2. The molecule has 0 heterocycles. The number of amides is 2. The molecule has 2 rings (SSSR count). The smallest absolute Gasteiger partial charge is 0.240 e. The van der Waals surface area contributed by atoms with Gasteiger partial charge in [-0.2, -0.15) is 5.10 Å². The largest absolute Gasteiger partial charge is 0.326 e. The first kappa shape index (κ1) is 19.4. The molecule has 5 heteroatoms. The van der Waals surface area contributed by atoms with Gasteiger partial charge in [0.1, 0.15) is 0 Å². The molecular weight excluding hydrogens is 326 g/mol. The van der Waals surface area contributed by atoms with Gasteiger partial charge in [-0.15, -0.1) is 0 Å². The van der Waals surface area contributed by atoms with Crippen molar-refractivity contribution in [3.05, 3.63) is 65.7 Å². The predicted molar refractivity (Wildman–Crippen MR) is 105 cm³/mol. The van der Waals surface area contributed by atoms with Crippen molar-refractivity contribution in [2.45, 2.75) is 39.5 Å². The van der Waals surface area contributed by atoms with Crippen LogP contribution in [0.15, 0.2) is 59.7 Å². The van der Waals surface area contributed by atoms with Gasteiger partial charge >= 0.3 is 0 Å². The van der Waals surface area contributed by atoms with Crippen LogP contribution in [0, 0.1) is 0 Å². The molecule has 0 spiro atoms. The van der Waals surface area contributed by atoms with E-state index in [1.165, 1.54) is 0 Å². The quantitative estimate of drug-likeness (QED) is 0.562. The van der Waals surface area contributed by atoms with Crippen LogP contribution in [0.25, 0.3) is 0 Å². The van der Waals surface area contributed by atoms with Gasteiger partial charge in [0.25, 0.3) is 0 Å². The van der Waals surface area contributed by atoms with Crippen molar-refractivity contribution < 1.29 is 9.59 Å². The lowest BCUT2D eigenvalue weighted by Crippen LogP contribution is -2.22. The van der Waals surface area contributed by atoms with Gasteiger partial charge in [0.05, 0.1) is 6.42 Å². The molecule has 0 bridgehead atoms. The molecular formula is C21H25N3O2. The summed E-state index contributed by atoms with van der Waals surface area (Å²) in [6, 6.07) is 17.5. The molecule has 2 aromatic rings. The number of hydrogen-bond acceptors (Lipinski definition) is 3. The van der Waals surface area contributed by atoms with Gasteiger partial charge in [-0.05, 0) is 37.0 Å². The Morgan fingerprint density at radius 2 is 1.65 bits per heavy atom. The molecule has 0 fully saturated rings. The molecule has 0 atom stereocenters. The van der Waals surface area contributed by atoms with Crippen molar-refractivity contribution in [1.82, 2.24) is 5.43 Å². The third-order valence-corrected chi connectivity index (χ3v) is 3.94. The van der Waals surface area contributed by atoms with Gasteiger partial charge < -0.3 is 5.32 Å². The first-order valence-electron chi connectivity index (χ1n) is 8.82. The molecule has 0 aliphatic heterocycles. The maximum Gasteiger partial charge on any atom is 0.240 e. The second kappa shape index (κ2) is 10.1. The highest BCUT2D eigenvalue weighted by Gasteiger charge is 2.08. The number of anilines is 1. The van der Waals surface area contributed by atoms with E-state index in [9.17, 15) is 9.59 Å². The number of aryl methyl sites for hydroxylation is 2. The maximum absolute atomic E-state index is 12.1. The van der Waals surface area contributed by atoms with Crippen molar-refractivity contribution in [3.8, 4) is 0 Å². The van der Waals surface area contributed by atoms with Crippen molar-refractivity contribution >= 4 is 23.2 Å². The highest BCUT2D eigenvalue weighted by molar-refractivity contribution is 6.06. The van der Waals surface area contributed by atoms with Crippen molar-refractivity contribution in [1.29, 1.82) is 0 Å². The summed E-state index contributed by atoms with van der Waals surface area (Å²) in [6.07, 6.45) is 2.00. The number of rotatable bonds is 8. The van der Waals surface area contributed by atoms with E-state index in [2.05, 4.69) is 15.8 Å². The normalized spacial score (nSPS) is 11.1. The van der Waals surface area contributed by atoms with Crippen LogP contribution in [0.3, 0.4) is 0 Å². The molecule has 0 saturated carbocycles. The SMILES string of the molecule is CCc1ccccc1NC(=O)CC(C)=NNC(=O)CCc1ccccc1. The van der Waals surface area contributed by atoms with E-state index in [0.29, 0.717) is 18.6 Å². The second-order valence-electron chi connectivity index (χ2n) is 6.10. The van der Waals surface area contributed by atoms with Crippen LogP contribution in [0.2, 0.25) is 0 Å². The summed E-state index contributed by atoms with van der Waals surface area (Å²) in [4.78, 5) is 24.0. The lowest BCUT2D eigenvalue weighted by molar-refractivity contribution is -0.121. The third-order valence-electron chi connectivity index (χ3n) is 3.94. The number of carbonyl (C=O) groups excluding carboxylic acids is 2. The third kappa shape index (κ3) is 6.51. The average molecular weight is 351 g/mol. The van der Waals surface area contributed by atoms with Gasteiger partial charge in [0.2, 0.25) is 11.8 Å². The lowest BCUT2D eigenvalue weighted by atomic mass is 10.1. The molecule has 0 saturated heterocycles. The summed E-state index contributed by atoms with van der Waals surface area (Å²) in [5.74, 6) is -0.310. The van der Waals surface area contributed by atoms with Gasteiger partial charge in [-0.25, -0.2) is 5.43 Å². The first-order chi connectivity index (χ1) is 12.6. The number of para-hydroxylation sites is 1. The summed E-state index contributed by atoms with van der Waals surface area (Å²) in [5, 5.41) is 6.91. The minimum atomic E-state index is -0.162. The molecule has 0 unspecified atom stereocenters. The minimum absolute atomic E-state index is 0.136. The highest BCUT2D eigenvalue weighted by atomic mass is 16.2. The molecule has 5 nitrogen and oxygen atoms in total. The molecule has 2 N–H and O–H groups in total. The minimum Gasteiger partial charge on any atom is -0.326 e. The Hall–Kier alpha value is -2.95. The second-order valence-corrected chi connectivity index (χ2v) is 6.10. The van der Waals surface area contributed by atoms with E-state index < -0.39 is 0 Å². The van der Waals surface area contributed by atoms with Gasteiger partial charge in [0, 0.05) is 17.8 Å². The van der Waals surface area contributed by atoms with Crippen molar-refractivity contribution in [2.75, 3.05) is 5.32 Å². The van der Waals surface area contributed by atoms with Crippen LogP contribution < -0.4 is 10.7 Å². The van der Waals surface area contributed by atoms with E-state index in [-0.39, 0.29) is 18.2 Å². The Balaban J connectivity index is 1.78. The van der Waals surface area contributed by atoms with Crippen LogP contribution in [0.5, 0.6) is 0 Å². The topological polar surface area (TPSA) is 70.6 Å². The number of hydrazone groups is 1. The van der Waals surface area contributed by atoms with Crippen LogP contribution in [0.1, 0.15) is 37.8 Å². The van der Waals surface area contributed by atoms with E-state index in [0.717, 1.165) is 23.2 Å². The zero-order valence-electron chi connectivity index (χ0n) is 15.3. The van der Waals surface area contributed by atoms with E-state index >= 15 is 0 Å². The standard InChI is InChI=1S/C21H25N3O2/c1-3-18-11-7-8-12-19(18)22-21(26)15-16(2)23-24-20(25)14-13-17-9-5-4-6-10-17/h4-12H,3,13-15H2,1-2H3,(H,22,26)(H,24,25). The van der Waals surface area contributed by atoms with Gasteiger partial charge in [-0.3, -0.25) is 9.59 Å². The monoisotopic (exact) mass is 351 g/mol. The Labute approximate surface area is 154 Å². The molecule has 2 aromatic carbocycles. The molecule has 26 heavy (non-hydrogen) atoms. The highest BCUT2D eigenvalue weighted by Crippen LogP contribution is 2.15. The van der Waals surface area contributed by atoms with Crippen molar-refractivity contribution in [3.63, 3.8) is 0 Å². The van der Waals surface area contributed by atoms with Crippen LogP contribution >= 0.6 is 0 Å². The number of benzene rings is 2. The van der Waals surface area contributed by atoms with Crippen LogP contribution in [-0.4, -0.2) is 17.5 Å². The Bertz CT molecular complexity index is 770. The Morgan fingerprint density at radius 1 is 0.962 bits per heavy atom. The van der Waals surface area contributed by atoms with Crippen molar-refractivity contribution in [2.24, 2.45) is 5.10 Å². The zero-order valence-corrected chi connectivity index (χ0v) is 15.3. The molecule has 136 valence electrons. The Morgan fingerprint density at radius 3 is 2.38 bits per heavy atom. The molecule has 0 aromatic heterocycles. The summed E-state index contributed by atoms with van der Waals surface area (Å²) >= 11 is 0. The summed E-state index contributed by atoms with van der Waals surface area (Å²) in [5.41, 5.74) is 6.09. The molecule has 2 amide bonds. The Kier molecular flexibility index (Phi) is 7.55.